The van der Waals surface area contributed by atoms with Crippen molar-refractivity contribution in [2.75, 3.05) is 38.6 Å². The monoisotopic (exact) mass is 258 g/mol. The van der Waals surface area contributed by atoms with Crippen LogP contribution in [0.15, 0.2) is 0 Å². The summed E-state index contributed by atoms with van der Waals surface area (Å²) in [7, 11) is 0. The highest BCUT2D eigenvalue weighted by Gasteiger charge is 2.30. The minimum atomic E-state index is 0.247. The number of thioether (sulfide) groups is 1. The molecule has 2 aliphatic heterocycles. The highest BCUT2D eigenvalue weighted by molar-refractivity contribution is 8.00. The summed E-state index contributed by atoms with van der Waals surface area (Å²) in [6, 6.07) is 0.709. The van der Waals surface area contributed by atoms with E-state index in [2.05, 4.69) is 42.7 Å². The van der Waals surface area contributed by atoms with Gasteiger partial charge in [0, 0.05) is 36.5 Å². The molecule has 3 nitrogen and oxygen atoms in total. The molecule has 0 radical (unpaired) electrons. The van der Waals surface area contributed by atoms with Crippen LogP contribution in [-0.2, 0) is 4.74 Å². The molecule has 0 saturated carbocycles. The number of nitrogens with one attached hydrogen (secondary N) is 1. The highest BCUT2D eigenvalue weighted by Crippen LogP contribution is 2.26. The Morgan fingerprint density at radius 1 is 1.35 bits per heavy atom. The molecule has 2 fully saturated rings. The minimum absolute atomic E-state index is 0.247. The van der Waals surface area contributed by atoms with Crippen molar-refractivity contribution in [2.45, 2.75) is 44.0 Å². The lowest BCUT2D eigenvalue weighted by molar-refractivity contribution is -0.0103. The molecule has 2 aliphatic rings. The molecule has 0 aromatic heterocycles. The molecule has 1 N–H and O–H groups in total. The minimum Gasteiger partial charge on any atom is -0.379 e. The standard InChI is InChI=1S/C13H26N2OS/c1-11-12(4-9-17-11)14-10-13(2,3)15-5-7-16-8-6-15/h11-12,14H,4-10H2,1-3H3. The maximum absolute atomic E-state index is 5.42. The second-order valence-electron chi connectivity index (χ2n) is 5.76. The molecule has 2 heterocycles. The molecule has 2 rings (SSSR count). The Balaban J connectivity index is 1.79. The molecular weight excluding hydrogens is 232 g/mol. The van der Waals surface area contributed by atoms with Crippen LogP contribution in [0.5, 0.6) is 0 Å². The summed E-state index contributed by atoms with van der Waals surface area (Å²) < 4.78 is 5.42. The van der Waals surface area contributed by atoms with E-state index >= 15 is 0 Å². The molecule has 2 unspecified atom stereocenters. The van der Waals surface area contributed by atoms with Gasteiger partial charge in [0.05, 0.1) is 13.2 Å². The lowest BCUT2D eigenvalue weighted by atomic mass is 10.0. The van der Waals surface area contributed by atoms with Crippen LogP contribution in [0, 0.1) is 0 Å². The van der Waals surface area contributed by atoms with E-state index in [0.29, 0.717) is 6.04 Å². The van der Waals surface area contributed by atoms with E-state index in [-0.39, 0.29) is 5.54 Å². The summed E-state index contributed by atoms with van der Waals surface area (Å²) in [5, 5.41) is 4.54. The van der Waals surface area contributed by atoms with Gasteiger partial charge in [-0.05, 0) is 26.0 Å². The van der Waals surface area contributed by atoms with Gasteiger partial charge in [-0.25, -0.2) is 0 Å². The third-order valence-corrected chi connectivity index (χ3v) is 5.37. The topological polar surface area (TPSA) is 24.5 Å². The van der Waals surface area contributed by atoms with Crippen molar-refractivity contribution in [1.29, 1.82) is 0 Å². The molecule has 0 aliphatic carbocycles. The van der Waals surface area contributed by atoms with Crippen LogP contribution in [0.3, 0.4) is 0 Å². The first-order valence-corrected chi connectivity index (χ1v) is 7.82. The van der Waals surface area contributed by atoms with Crippen LogP contribution < -0.4 is 5.32 Å². The zero-order chi connectivity index (χ0) is 12.3. The smallest absolute Gasteiger partial charge is 0.0594 e. The summed E-state index contributed by atoms with van der Waals surface area (Å²) in [5.74, 6) is 1.32. The summed E-state index contributed by atoms with van der Waals surface area (Å²) in [4.78, 5) is 2.55. The number of rotatable bonds is 4. The number of hydrogen-bond acceptors (Lipinski definition) is 4. The van der Waals surface area contributed by atoms with Crippen LogP contribution >= 0.6 is 11.8 Å². The maximum atomic E-state index is 5.42. The van der Waals surface area contributed by atoms with Gasteiger partial charge in [-0.3, -0.25) is 4.90 Å². The Morgan fingerprint density at radius 3 is 2.65 bits per heavy atom. The molecule has 0 spiro atoms. The van der Waals surface area contributed by atoms with Crippen LogP contribution in [-0.4, -0.2) is 60.3 Å². The number of hydrogen-bond donors (Lipinski definition) is 1. The molecule has 0 bridgehead atoms. The van der Waals surface area contributed by atoms with E-state index in [0.717, 1.165) is 38.1 Å². The van der Waals surface area contributed by atoms with Gasteiger partial charge in [0.15, 0.2) is 0 Å². The van der Waals surface area contributed by atoms with E-state index in [1.54, 1.807) is 0 Å². The quantitative estimate of drug-likeness (QED) is 0.827. The van der Waals surface area contributed by atoms with Crippen molar-refractivity contribution in [3.05, 3.63) is 0 Å². The lowest BCUT2D eigenvalue weighted by Crippen LogP contribution is -2.56. The van der Waals surface area contributed by atoms with Crippen molar-refractivity contribution in [3.8, 4) is 0 Å². The predicted octanol–water partition coefficient (Wildman–Crippen LogP) is 1.58. The van der Waals surface area contributed by atoms with E-state index < -0.39 is 0 Å². The second kappa shape index (κ2) is 5.91. The van der Waals surface area contributed by atoms with Crippen LogP contribution in [0.2, 0.25) is 0 Å². The van der Waals surface area contributed by atoms with Crippen molar-refractivity contribution in [1.82, 2.24) is 10.2 Å². The molecular formula is C13H26N2OS. The van der Waals surface area contributed by atoms with Crippen LogP contribution in [0.25, 0.3) is 0 Å². The van der Waals surface area contributed by atoms with Gasteiger partial charge < -0.3 is 10.1 Å². The van der Waals surface area contributed by atoms with Crippen molar-refractivity contribution < 1.29 is 4.74 Å². The zero-order valence-corrected chi connectivity index (χ0v) is 12.2. The van der Waals surface area contributed by atoms with E-state index in [9.17, 15) is 0 Å². The summed E-state index contributed by atoms with van der Waals surface area (Å²) in [5.41, 5.74) is 0.247. The first-order valence-electron chi connectivity index (χ1n) is 6.77. The third-order valence-electron chi connectivity index (χ3n) is 4.04. The van der Waals surface area contributed by atoms with Crippen molar-refractivity contribution >= 4 is 11.8 Å². The number of morpholine rings is 1. The molecule has 0 amide bonds. The Kier molecular flexibility index (Phi) is 4.75. The molecule has 0 aromatic rings. The van der Waals surface area contributed by atoms with Gasteiger partial charge in [-0.2, -0.15) is 11.8 Å². The first-order chi connectivity index (χ1) is 8.09. The van der Waals surface area contributed by atoms with Crippen molar-refractivity contribution in [2.24, 2.45) is 0 Å². The molecule has 17 heavy (non-hydrogen) atoms. The summed E-state index contributed by atoms with van der Waals surface area (Å²) in [6.45, 7) is 12.0. The fourth-order valence-corrected chi connectivity index (χ4v) is 3.89. The predicted molar refractivity (Wildman–Crippen MR) is 74.8 cm³/mol. The van der Waals surface area contributed by atoms with Crippen molar-refractivity contribution in [3.63, 3.8) is 0 Å². The van der Waals surface area contributed by atoms with Gasteiger partial charge in [0.25, 0.3) is 0 Å². The highest BCUT2D eigenvalue weighted by atomic mass is 32.2. The number of ether oxygens (including phenoxy) is 1. The van der Waals surface area contributed by atoms with Crippen LogP contribution in [0.4, 0.5) is 0 Å². The van der Waals surface area contributed by atoms with Gasteiger partial charge in [-0.15, -0.1) is 0 Å². The third kappa shape index (κ3) is 3.60. The zero-order valence-electron chi connectivity index (χ0n) is 11.4. The summed E-state index contributed by atoms with van der Waals surface area (Å²) in [6.07, 6.45) is 1.32. The Hall–Kier alpha value is 0.230. The van der Waals surface area contributed by atoms with E-state index in [4.69, 9.17) is 4.74 Å². The van der Waals surface area contributed by atoms with Gasteiger partial charge >= 0.3 is 0 Å². The van der Waals surface area contributed by atoms with E-state index in [1.807, 2.05) is 0 Å². The molecule has 100 valence electrons. The SMILES string of the molecule is CC1SCCC1NCC(C)(C)N1CCOCC1. The van der Waals surface area contributed by atoms with E-state index in [1.165, 1.54) is 12.2 Å². The Labute approximate surface area is 110 Å². The van der Waals surface area contributed by atoms with Crippen LogP contribution in [0.1, 0.15) is 27.2 Å². The lowest BCUT2D eigenvalue weighted by Gasteiger charge is -2.41. The number of nitrogens with zero attached hydrogens (tertiary/aromatic N) is 1. The van der Waals surface area contributed by atoms with Gasteiger partial charge in [0.2, 0.25) is 0 Å². The van der Waals surface area contributed by atoms with Gasteiger partial charge in [-0.1, -0.05) is 6.92 Å². The fourth-order valence-electron chi connectivity index (χ4n) is 2.66. The van der Waals surface area contributed by atoms with Gasteiger partial charge in [0.1, 0.15) is 0 Å². The fraction of sp³-hybridized carbons (Fsp3) is 1.00. The second-order valence-corrected chi connectivity index (χ2v) is 7.25. The molecule has 4 heteroatoms. The normalized spacial score (nSPS) is 31.9. The maximum Gasteiger partial charge on any atom is 0.0594 e. The average molecular weight is 258 g/mol. The molecule has 0 aromatic carbocycles. The summed E-state index contributed by atoms with van der Waals surface area (Å²) >= 11 is 2.10. The Morgan fingerprint density at radius 2 is 2.06 bits per heavy atom. The average Bonchev–Trinajstić information content (AvgIpc) is 2.74. The molecule has 2 saturated heterocycles. The Bertz CT molecular complexity index is 242. The first kappa shape index (κ1) is 13.7. The molecule has 2 atom stereocenters. The largest absolute Gasteiger partial charge is 0.379 e.